The van der Waals surface area contributed by atoms with E-state index in [2.05, 4.69) is 37.3 Å². The van der Waals surface area contributed by atoms with Gasteiger partial charge in [0.05, 0.1) is 30.1 Å². The van der Waals surface area contributed by atoms with Crippen molar-refractivity contribution in [2.45, 2.75) is 38.3 Å². The summed E-state index contributed by atoms with van der Waals surface area (Å²) in [5.41, 5.74) is 2.23. The minimum atomic E-state index is 0. The molecule has 0 radical (unpaired) electrons. The van der Waals surface area contributed by atoms with Crippen LogP contribution >= 0.6 is 24.0 Å². The Morgan fingerprint density at radius 2 is 2.11 bits per heavy atom. The summed E-state index contributed by atoms with van der Waals surface area (Å²) >= 11 is 0. The van der Waals surface area contributed by atoms with E-state index in [4.69, 9.17) is 9.47 Å². The van der Waals surface area contributed by atoms with Crippen molar-refractivity contribution in [3.63, 3.8) is 0 Å². The highest BCUT2D eigenvalue weighted by atomic mass is 127. The van der Waals surface area contributed by atoms with Crippen molar-refractivity contribution in [1.29, 1.82) is 0 Å². The fourth-order valence-electron chi connectivity index (χ4n) is 3.24. The molecule has 156 valence electrons. The second-order valence-electron chi connectivity index (χ2n) is 6.77. The van der Waals surface area contributed by atoms with Crippen LogP contribution in [0.25, 0.3) is 11.0 Å². The molecular formula is C20H32IN5O2. The molecule has 0 spiro atoms. The van der Waals surface area contributed by atoms with Crippen LogP contribution in [0, 0.1) is 0 Å². The van der Waals surface area contributed by atoms with Crippen LogP contribution in [0.1, 0.15) is 25.7 Å². The van der Waals surface area contributed by atoms with Gasteiger partial charge in [0.2, 0.25) is 0 Å². The maximum Gasteiger partial charge on any atom is 0.190 e. The SMILES string of the molecule is CN=C(NCCCOCC1CCCO1)NCCCn1cnc2ccccc21.I. The molecule has 2 heterocycles. The number of aryl methyl sites for hydroxylation is 1. The number of nitrogens with one attached hydrogen (secondary N) is 2. The molecule has 2 aromatic rings. The van der Waals surface area contributed by atoms with E-state index in [1.165, 1.54) is 5.52 Å². The summed E-state index contributed by atoms with van der Waals surface area (Å²) in [6.45, 7) is 4.99. The van der Waals surface area contributed by atoms with E-state index in [1.807, 2.05) is 18.5 Å². The van der Waals surface area contributed by atoms with Gasteiger partial charge in [-0.25, -0.2) is 4.98 Å². The minimum absolute atomic E-state index is 0. The Bertz CT molecular complexity index is 715. The molecule has 1 fully saturated rings. The van der Waals surface area contributed by atoms with Crippen LogP contribution in [0.15, 0.2) is 35.6 Å². The number of ether oxygens (including phenoxy) is 2. The summed E-state index contributed by atoms with van der Waals surface area (Å²) in [6, 6.07) is 8.22. The van der Waals surface area contributed by atoms with Crippen LogP contribution in [0.5, 0.6) is 0 Å². The molecule has 3 rings (SSSR count). The number of imidazole rings is 1. The topological polar surface area (TPSA) is 72.7 Å². The third-order valence-corrected chi connectivity index (χ3v) is 4.70. The van der Waals surface area contributed by atoms with Gasteiger partial charge >= 0.3 is 0 Å². The Hall–Kier alpha value is -1.39. The second kappa shape index (κ2) is 12.9. The van der Waals surface area contributed by atoms with Gasteiger partial charge in [0.15, 0.2) is 5.96 Å². The number of hydrogen-bond donors (Lipinski definition) is 2. The maximum absolute atomic E-state index is 5.67. The van der Waals surface area contributed by atoms with Gasteiger partial charge in [-0.05, 0) is 37.8 Å². The molecule has 0 bridgehead atoms. The highest BCUT2D eigenvalue weighted by Gasteiger charge is 2.14. The Morgan fingerprint density at radius 1 is 1.29 bits per heavy atom. The van der Waals surface area contributed by atoms with E-state index in [0.717, 1.165) is 76.6 Å². The predicted octanol–water partition coefficient (Wildman–Crippen LogP) is 2.80. The number of para-hydroxylation sites is 2. The Kier molecular flexibility index (Phi) is 10.6. The van der Waals surface area contributed by atoms with Crippen LogP contribution in [0.4, 0.5) is 0 Å². The van der Waals surface area contributed by atoms with E-state index in [1.54, 1.807) is 7.05 Å². The lowest BCUT2D eigenvalue weighted by molar-refractivity contribution is 0.0168. The number of aliphatic imine (C=N–C) groups is 1. The minimum Gasteiger partial charge on any atom is -0.379 e. The van der Waals surface area contributed by atoms with Gasteiger partial charge in [-0.3, -0.25) is 4.99 Å². The molecule has 0 saturated carbocycles. The van der Waals surface area contributed by atoms with Gasteiger partial charge in [0, 0.05) is 39.9 Å². The van der Waals surface area contributed by atoms with Gasteiger partial charge in [0.1, 0.15) is 0 Å². The number of aromatic nitrogens is 2. The van der Waals surface area contributed by atoms with E-state index >= 15 is 0 Å². The van der Waals surface area contributed by atoms with E-state index in [9.17, 15) is 0 Å². The fraction of sp³-hybridized carbons (Fsp3) is 0.600. The number of hydrogen-bond acceptors (Lipinski definition) is 4. The molecule has 8 heteroatoms. The smallest absolute Gasteiger partial charge is 0.190 e. The molecule has 28 heavy (non-hydrogen) atoms. The average Bonchev–Trinajstić information content (AvgIpc) is 3.36. The summed E-state index contributed by atoms with van der Waals surface area (Å²) in [5, 5.41) is 6.69. The van der Waals surface area contributed by atoms with Crippen LogP contribution in [-0.2, 0) is 16.0 Å². The lowest BCUT2D eigenvalue weighted by Gasteiger charge is -2.13. The van der Waals surface area contributed by atoms with Crippen molar-refractivity contribution < 1.29 is 9.47 Å². The summed E-state index contributed by atoms with van der Waals surface area (Å²) in [7, 11) is 1.80. The third kappa shape index (κ3) is 7.21. The van der Waals surface area contributed by atoms with Crippen LogP contribution < -0.4 is 10.6 Å². The molecule has 0 aliphatic carbocycles. The molecule has 1 aliphatic rings. The summed E-state index contributed by atoms with van der Waals surface area (Å²) < 4.78 is 13.4. The first-order valence-corrected chi connectivity index (χ1v) is 9.90. The normalized spacial score (nSPS) is 16.9. The zero-order chi connectivity index (χ0) is 18.7. The molecule has 1 aromatic carbocycles. The predicted molar refractivity (Wildman–Crippen MR) is 124 cm³/mol. The number of rotatable bonds is 10. The summed E-state index contributed by atoms with van der Waals surface area (Å²) in [6.07, 6.45) is 6.46. The Labute approximate surface area is 184 Å². The number of benzene rings is 1. The van der Waals surface area contributed by atoms with Crippen molar-refractivity contribution in [2.75, 3.05) is 40.0 Å². The molecule has 1 aliphatic heterocycles. The first-order valence-electron chi connectivity index (χ1n) is 9.90. The van der Waals surface area contributed by atoms with Gasteiger partial charge in [0.25, 0.3) is 0 Å². The standard InChI is InChI=1S/C20H31N5O2.HI/c1-21-20(23-11-6-13-26-15-17-7-4-14-27-17)22-10-5-12-25-16-24-18-8-2-3-9-19(18)25;/h2-3,8-9,16-17H,4-7,10-15H2,1H3,(H2,21,22,23);1H. The third-order valence-electron chi connectivity index (χ3n) is 4.70. The average molecular weight is 501 g/mol. The lowest BCUT2D eigenvalue weighted by atomic mass is 10.2. The van der Waals surface area contributed by atoms with Crippen LogP contribution in [-0.4, -0.2) is 61.6 Å². The zero-order valence-corrected chi connectivity index (χ0v) is 18.9. The molecule has 7 nitrogen and oxygen atoms in total. The fourth-order valence-corrected chi connectivity index (χ4v) is 3.24. The quantitative estimate of drug-likeness (QED) is 0.227. The van der Waals surface area contributed by atoms with Crippen LogP contribution in [0.3, 0.4) is 0 Å². The van der Waals surface area contributed by atoms with Crippen molar-refractivity contribution >= 4 is 41.0 Å². The zero-order valence-electron chi connectivity index (χ0n) is 16.6. The van der Waals surface area contributed by atoms with Crippen molar-refractivity contribution in [3.8, 4) is 0 Å². The van der Waals surface area contributed by atoms with Gasteiger partial charge in [-0.1, -0.05) is 12.1 Å². The molecule has 2 N–H and O–H groups in total. The maximum atomic E-state index is 5.67. The van der Waals surface area contributed by atoms with Gasteiger partial charge < -0.3 is 24.7 Å². The van der Waals surface area contributed by atoms with E-state index < -0.39 is 0 Å². The number of fused-ring (bicyclic) bond motifs is 1. The number of nitrogens with zero attached hydrogens (tertiary/aromatic N) is 3. The lowest BCUT2D eigenvalue weighted by Crippen LogP contribution is -2.38. The molecule has 0 amide bonds. The monoisotopic (exact) mass is 501 g/mol. The first-order chi connectivity index (χ1) is 13.4. The van der Waals surface area contributed by atoms with Crippen molar-refractivity contribution in [3.05, 3.63) is 30.6 Å². The van der Waals surface area contributed by atoms with Crippen LogP contribution in [0.2, 0.25) is 0 Å². The second-order valence-corrected chi connectivity index (χ2v) is 6.77. The Morgan fingerprint density at radius 3 is 2.89 bits per heavy atom. The van der Waals surface area contributed by atoms with Gasteiger partial charge in [-0.2, -0.15) is 0 Å². The summed E-state index contributed by atoms with van der Waals surface area (Å²) in [4.78, 5) is 8.69. The number of guanidine groups is 1. The highest BCUT2D eigenvalue weighted by Crippen LogP contribution is 2.12. The van der Waals surface area contributed by atoms with E-state index in [0.29, 0.717) is 6.10 Å². The van der Waals surface area contributed by atoms with Crippen molar-refractivity contribution in [2.24, 2.45) is 4.99 Å². The van der Waals surface area contributed by atoms with Crippen molar-refractivity contribution in [1.82, 2.24) is 20.2 Å². The molecule has 1 saturated heterocycles. The highest BCUT2D eigenvalue weighted by molar-refractivity contribution is 14.0. The van der Waals surface area contributed by atoms with Gasteiger partial charge in [-0.15, -0.1) is 24.0 Å². The molecular weight excluding hydrogens is 469 g/mol. The number of halogens is 1. The first kappa shape index (κ1) is 22.9. The molecule has 1 unspecified atom stereocenters. The Balaban J connectivity index is 0.00000280. The molecule has 1 atom stereocenters. The summed E-state index contributed by atoms with van der Waals surface area (Å²) in [5.74, 6) is 0.838. The largest absolute Gasteiger partial charge is 0.379 e. The molecule has 1 aromatic heterocycles. The van der Waals surface area contributed by atoms with E-state index in [-0.39, 0.29) is 24.0 Å².